The minimum atomic E-state index is -0.408. The summed E-state index contributed by atoms with van der Waals surface area (Å²) >= 11 is 0. The molecule has 0 radical (unpaired) electrons. The van der Waals surface area contributed by atoms with E-state index >= 15 is 0 Å². The van der Waals surface area contributed by atoms with Crippen LogP contribution < -0.4 is 0 Å². The van der Waals surface area contributed by atoms with E-state index in [0.29, 0.717) is 5.69 Å². The molecule has 1 heterocycles. The fourth-order valence-electron chi connectivity index (χ4n) is 1.16. The van der Waals surface area contributed by atoms with E-state index in [2.05, 4.69) is 4.98 Å². The smallest absolute Gasteiger partial charge is 0.258 e. The first kappa shape index (κ1) is 10.6. The van der Waals surface area contributed by atoms with E-state index in [4.69, 9.17) is 0 Å². The minimum absolute atomic E-state index is 0.0696. The summed E-state index contributed by atoms with van der Waals surface area (Å²) in [5.74, 6) is 0. The Hall–Kier alpha value is -1.45. The highest BCUT2D eigenvalue weighted by Gasteiger charge is 2.19. The Morgan fingerprint density at radius 1 is 1.36 bits per heavy atom. The highest BCUT2D eigenvalue weighted by molar-refractivity contribution is 5.36. The quantitative estimate of drug-likeness (QED) is 0.510. The number of nitrogens with zero attached hydrogens (tertiary/aromatic N) is 2. The number of rotatable bonds is 1. The first-order valence-electron chi connectivity index (χ1n) is 4.45. The largest absolute Gasteiger partial charge is 0.290 e. The lowest BCUT2D eigenvalue weighted by atomic mass is 9.91. The van der Waals surface area contributed by atoms with Gasteiger partial charge in [-0.15, -0.1) is 0 Å². The van der Waals surface area contributed by atoms with Crippen LogP contribution in [-0.4, -0.2) is 9.91 Å². The second-order valence-corrected chi connectivity index (χ2v) is 4.31. The van der Waals surface area contributed by atoms with E-state index in [1.807, 2.05) is 20.8 Å². The second kappa shape index (κ2) is 3.36. The Balaban J connectivity index is 3.20. The lowest BCUT2D eigenvalue weighted by molar-refractivity contribution is -0.385. The van der Waals surface area contributed by atoms with Crippen LogP contribution in [0.1, 0.15) is 32.2 Å². The van der Waals surface area contributed by atoms with Crippen molar-refractivity contribution in [1.29, 1.82) is 0 Å². The van der Waals surface area contributed by atoms with Gasteiger partial charge in [0.15, 0.2) is 0 Å². The Bertz CT molecular complexity index is 367. The molecule has 0 amide bonds. The van der Waals surface area contributed by atoms with Gasteiger partial charge in [0, 0.05) is 17.2 Å². The summed E-state index contributed by atoms with van der Waals surface area (Å²) in [4.78, 5) is 14.4. The van der Waals surface area contributed by atoms with Crippen molar-refractivity contribution in [3.63, 3.8) is 0 Å². The van der Waals surface area contributed by atoms with Crippen LogP contribution in [0.4, 0.5) is 5.69 Å². The van der Waals surface area contributed by atoms with Gasteiger partial charge in [-0.25, -0.2) is 0 Å². The molecular formula is C10H14N2O2. The van der Waals surface area contributed by atoms with Crippen molar-refractivity contribution >= 4 is 5.69 Å². The van der Waals surface area contributed by atoms with Crippen molar-refractivity contribution in [2.75, 3.05) is 0 Å². The van der Waals surface area contributed by atoms with Crippen molar-refractivity contribution in [2.45, 2.75) is 33.1 Å². The molecule has 0 atom stereocenters. The highest BCUT2D eigenvalue weighted by Crippen LogP contribution is 2.23. The molecule has 1 aromatic heterocycles. The Morgan fingerprint density at radius 3 is 2.29 bits per heavy atom. The first-order chi connectivity index (χ1) is 6.32. The summed E-state index contributed by atoms with van der Waals surface area (Å²) in [7, 11) is 0. The maximum atomic E-state index is 10.5. The van der Waals surface area contributed by atoms with Gasteiger partial charge in [0.25, 0.3) is 5.69 Å². The van der Waals surface area contributed by atoms with Gasteiger partial charge in [-0.1, -0.05) is 20.8 Å². The van der Waals surface area contributed by atoms with E-state index in [1.165, 1.54) is 6.07 Å². The van der Waals surface area contributed by atoms with E-state index in [-0.39, 0.29) is 11.1 Å². The number of hydrogen-bond donors (Lipinski definition) is 0. The van der Waals surface area contributed by atoms with Gasteiger partial charge < -0.3 is 0 Å². The van der Waals surface area contributed by atoms with Crippen LogP contribution in [0, 0.1) is 17.0 Å². The van der Waals surface area contributed by atoms with Crippen molar-refractivity contribution < 1.29 is 4.92 Å². The van der Waals surface area contributed by atoms with Crippen LogP contribution in [-0.2, 0) is 5.41 Å². The SMILES string of the molecule is Cc1nc(C(C)(C)C)ccc1[N+](=O)[O-]. The van der Waals surface area contributed by atoms with Crippen molar-refractivity contribution in [2.24, 2.45) is 0 Å². The van der Waals surface area contributed by atoms with Crippen LogP contribution in [0.3, 0.4) is 0 Å². The number of aromatic nitrogens is 1. The van der Waals surface area contributed by atoms with E-state index in [0.717, 1.165) is 5.69 Å². The molecular weight excluding hydrogens is 180 g/mol. The zero-order chi connectivity index (χ0) is 10.9. The number of pyridine rings is 1. The molecule has 0 saturated heterocycles. The van der Waals surface area contributed by atoms with Gasteiger partial charge in [0.2, 0.25) is 0 Å². The molecule has 0 saturated carbocycles. The molecule has 0 N–H and O–H groups in total. The zero-order valence-corrected chi connectivity index (χ0v) is 8.87. The van der Waals surface area contributed by atoms with Gasteiger partial charge in [-0.05, 0) is 13.0 Å². The zero-order valence-electron chi connectivity index (χ0n) is 8.87. The second-order valence-electron chi connectivity index (χ2n) is 4.31. The van der Waals surface area contributed by atoms with E-state index in [1.54, 1.807) is 13.0 Å². The molecule has 14 heavy (non-hydrogen) atoms. The van der Waals surface area contributed by atoms with Gasteiger partial charge in [-0.3, -0.25) is 15.1 Å². The monoisotopic (exact) mass is 194 g/mol. The number of hydrogen-bond acceptors (Lipinski definition) is 3. The molecule has 0 unspecified atom stereocenters. The lowest BCUT2D eigenvalue weighted by Gasteiger charge is -2.17. The molecule has 0 aliphatic heterocycles. The van der Waals surface area contributed by atoms with Crippen LogP contribution >= 0.6 is 0 Å². The van der Waals surface area contributed by atoms with Gasteiger partial charge in [0.05, 0.1) is 4.92 Å². The van der Waals surface area contributed by atoms with Crippen LogP contribution in [0.15, 0.2) is 12.1 Å². The molecule has 1 aromatic rings. The Kier molecular flexibility index (Phi) is 2.55. The highest BCUT2D eigenvalue weighted by atomic mass is 16.6. The fraction of sp³-hybridized carbons (Fsp3) is 0.500. The Morgan fingerprint density at radius 2 is 1.93 bits per heavy atom. The van der Waals surface area contributed by atoms with Gasteiger partial charge in [-0.2, -0.15) is 0 Å². The van der Waals surface area contributed by atoms with Crippen molar-refractivity contribution in [3.8, 4) is 0 Å². The molecule has 4 heteroatoms. The summed E-state index contributed by atoms with van der Waals surface area (Å²) in [6.07, 6.45) is 0. The first-order valence-corrected chi connectivity index (χ1v) is 4.45. The number of aryl methyl sites for hydroxylation is 1. The average molecular weight is 194 g/mol. The average Bonchev–Trinajstić information content (AvgIpc) is 2.01. The predicted molar refractivity (Wildman–Crippen MR) is 54.3 cm³/mol. The minimum Gasteiger partial charge on any atom is -0.258 e. The topological polar surface area (TPSA) is 56.0 Å². The Labute approximate surface area is 83.1 Å². The molecule has 0 aromatic carbocycles. The van der Waals surface area contributed by atoms with Gasteiger partial charge in [0.1, 0.15) is 5.69 Å². The molecule has 4 nitrogen and oxygen atoms in total. The fourth-order valence-corrected chi connectivity index (χ4v) is 1.16. The maximum absolute atomic E-state index is 10.5. The third kappa shape index (κ3) is 2.07. The third-order valence-corrected chi connectivity index (χ3v) is 2.02. The maximum Gasteiger partial charge on any atom is 0.290 e. The normalized spacial score (nSPS) is 11.4. The lowest BCUT2D eigenvalue weighted by Crippen LogP contribution is -2.14. The van der Waals surface area contributed by atoms with E-state index in [9.17, 15) is 10.1 Å². The standard InChI is InChI=1S/C10H14N2O2/c1-7-8(12(13)14)5-6-9(11-7)10(2,3)4/h5-6H,1-4H3. The summed E-state index contributed by atoms with van der Waals surface area (Å²) in [6.45, 7) is 7.75. The number of nitro groups is 1. The molecule has 0 spiro atoms. The molecule has 1 rings (SSSR count). The van der Waals surface area contributed by atoms with Crippen molar-refractivity contribution in [1.82, 2.24) is 4.98 Å². The molecule has 0 aliphatic carbocycles. The van der Waals surface area contributed by atoms with Crippen molar-refractivity contribution in [3.05, 3.63) is 33.6 Å². The summed E-state index contributed by atoms with van der Waals surface area (Å²) in [5.41, 5.74) is 1.36. The van der Waals surface area contributed by atoms with Crippen LogP contribution in [0.25, 0.3) is 0 Å². The summed E-state index contributed by atoms with van der Waals surface area (Å²) in [5, 5.41) is 10.5. The summed E-state index contributed by atoms with van der Waals surface area (Å²) in [6, 6.07) is 3.23. The van der Waals surface area contributed by atoms with Crippen LogP contribution in [0.5, 0.6) is 0 Å². The third-order valence-electron chi connectivity index (χ3n) is 2.02. The molecule has 0 fully saturated rings. The van der Waals surface area contributed by atoms with Gasteiger partial charge >= 0.3 is 0 Å². The van der Waals surface area contributed by atoms with E-state index < -0.39 is 4.92 Å². The van der Waals surface area contributed by atoms with Crippen LogP contribution in [0.2, 0.25) is 0 Å². The molecule has 0 aliphatic rings. The molecule has 76 valence electrons. The predicted octanol–water partition coefficient (Wildman–Crippen LogP) is 2.60. The summed E-state index contributed by atoms with van der Waals surface area (Å²) < 4.78 is 0. The molecule has 0 bridgehead atoms.